The molecule has 5 aliphatic rings. The quantitative estimate of drug-likeness (QED) is 0.161. The number of hydrogen-bond donors (Lipinski definition) is 0. The Bertz CT molecular complexity index is 4730. The number of ether oxygens (including phenoxy) is 1. The molecule has 11 aromatic carbocycles. The van der Waals surface area contributed by atoms with Gasteiger partial charge in [0, 0.05) is 78.4 Å². The first-order valence-electron chi connectivity index (χ1n) is 27.3. The molecule has 364 valence electrons. The monoisotopic (exact) mass is 995 g/mol. The van der Waals surface area contributed by atoms with E-state index < -0.39 is 0 Å². The van der Waals surface area contributed by atoms with Crippen molar-refractivity contribution in [1.82, 2.24) is 9.13 Å². The molecule has 0 fully saturated rings. The molecular formula is C70H47B2N5O. The summed E-state index contributed by atoms with van der Waals surface area (Å²) in [4.78, 5) is 7.58. The fraction of sp³-hybridized carbons (Fsp3) is 0.0571. The van der Waals surface area contributed by atoms with E-state index in [1.54, 1.807) is 0 Å². The topological polar surface area (TPSA) is 28.8 Å². The molecule has 0 saturated heterocycles. The fourth-order valence-electron chi connectivity index (χ4n) is 14.6. The molecule has 0 spiro atoms. The Kier molecular flexibility index (Phi) is 8.21. The van der Waals surface area contributed by atoms with Crippen LogP contribution in [-0.4, -0.2) is 22.6 Å². The lowest BCUT2D eigenvalue weighted by Gasteiger charge is -2.46. The standard InChI is InChI=1S/C70H47B2N5O/c1-70(2,3)42-36-58-64-59(37-42)76-54-30-18-16-28-48(54)50-32-34-62-66(68(50)76)71(64)52-40-53-57(41-56(52)74(58)45-24-12-6-13-25-45)75(46-26-14-7-15-27-46)60-38-47(73(43-20-8-4-9-21-43)44-22-10-5-11-23-44)39-61-65(60)72(53)67-63(78-62)35-33-51-49-29-17-19-31-55(49)77(61)69(51)67/h4-41H,1-3H3. The average molecular weight is 996 g/mol. The normalized spacial score (nSPS) is 13.8. The van der Waals surface area contributed by atoms with E-state index in [9.17, 15) is 0 Å². The molecule has 2 aromatic heterocycles. The van der Waals surface area contributed by atoms with Crippen LogP contribution in [0.3, 0.4) is 0 Å². The van der Waals surface area contributed by atoms with Crippen molar-refractivity contribution in [3.05, 3.63) is 236 Å². The third-order valence-corrected chi connectivity index (χ3v) is 17.7. The molecule has 2 bridgehead atoms. The van der Waals surface area contributed by atoms with Gasteiger partial charge in [0.05, 0.1) is 27.8 Å². The zero-order chi connectivity index (χ0) is 51.3. The number of anilines is 9. The van der Waals surface area contributed by atoms with Crippen molar-refractivity contribution in [1.29, 1.82) is 0 Å². The summed E-state index contributed by atoms with van der Waals surface area (Å²) >= 11 is 0. The smallest absolute Gasteiger partial charge is 0.257 e. The highest BCUT2D eigenvalue weighted by molar-refractivity contribution is 7.04. The molecule has 5 aliphatic heterocycles. The Labute approximate surface area is 452 Å². The van der Waals surface area contributed by atoms with Crippen molar-refractivity contribution in [2.45, 2.75) is 26.2 Å². The van der Waals surface area contributed by atoms with E-state index in [1.165, 1.54) is 105 Å². The molecule has 7 heterocycles. The predicted octanol–water partition coefficient (Wildman–Crippen LogP) is 14.0. The first-order valence-corrected chi connectivity index (χ1v) is 27.3. The molecule has 78 heavy (non-hydrogen) atoms. The van der Waals surface area contributed by atoms with Gasteiger partial charge in [-0.25, -0.2) is 0 Å². The second-order valence-electron chi connectivity index (χ2n) is 22.8. The van der Waals surface area contributed by atoms with Crippen LogP contribution in [-0.2, 0) is 5.41 Å². The maximum atomic E-state index is 7.90. The highest BCUT2D eigenvalue weighted by Gasteiger charge is 2.50. The first kappa shape index (κ1) is 42.6. The summed E-state index contributed by atoms with van der Waals surface area (Å²) in [5, 5.41) is 4.92. The maximum absolute atomic E-state index is 7.90. The van der Waals surface area contributed by atoms with Crippen molar-refractivity contribution >= 4 is 141 Å². The molecule has 18 rings (SSSR count). The SMILES string of the molecule is CC(C)(C)c1cc2c3c(c1)-n1c4ccccc4c4ccc5c(c41)B3c1cc3c(cc1N2c1ccccc1)N(c1ccccc1)c1cc(N(c2ccccc2)c2ccccc2)cc2c1B3c1c(ccc3c4ccccc4n-2c13)O5. The highest BCUT2D eigenvalue weighted by Crippen LogP contribution is 2.51. The summed E-state index contributed by atoms with van der Waals surface area (Å²) < 4.78 is 13.0. The van der Waals surface area contributed by atoms with Gasteiger partial charge >= 0.3 is 0 Å². The lowest BCUT2D eigenvalue weighted by molar-refractivity contribution is 0.491. The van der Waals surface area contributed by atoms with Crippen LogP contribution in [0.1, 0.15) is 26.3 Å². The van der Waals surface area contributed by atoms with E-state index in [0.29, 0.717) is 0 Å². The minimum atomic E-state index is -0.198. The molecule has 0 radical (unpaired) electrons. The van der Waals surface area contributed by atoms with Gasteiger partial charge in [-0.15, -0.1) is 0 Å². The van der Waals surface area contributed by atoms with Gasteiger partial charge in [-0.3, -0.25) is 0 Å². The highest BCUT2D eigenvalue weighted by atomic mass is 16.5. The number of aromatic nitrogens is 2. The van der Waals surface area contributed by atoms with Gasteiger partial charge in [-0.05, 0) is 159 Å². The van der Waals surface area contributed by atoms with Gasteiger partial charge in [-0.1, -0.05) is 136 Å². The van der Waals surface area contributed by atoms with E-state index in [0.717, 1.165) is 51.3 Å². The van der Waals surface area contributed by atoms with E-state index in [4.69, 9.17) is 4.74 Å². The second kappa shape index (κ2) is 15.1. The number of rotatable bonds is 5. The van der Waals surface area contributed by atoms with Crippen LogP contribution in [0.15, 0.2) is 231 Å². The Morgan fingerprint density at radius 3 is 1.28 bits per heavy atom. The third kappa shape index (κ3) is 5.43. The zero-order valence-corrected chi connectivity index (χ0v) is 43.2. The first-order chi connectivity index (χ1) is 38.4. The Morgan fingerprint density at radius 1 is 0.359 bits per heavy atom. The number of para-hydroxylation sites is 6. The summed E-state index contributed by atoms with van der Waals surface area (Å²) in [6.45, 7) is 6.70. The lowest BCUT2D eigenvalue weighted by Crippen LogP contribution is -2.65. The molecule has 0 N–H and O–H groups in total. The van der Waals surface area contributed by atoms with Crippen molar-refractivity contribution < 1.29 is 4.74 Å². The average Bonchev–Trinajstić information content (AvgIpc) is 3.43. The van der Waals surface area contributed by atoms with E-state index >= 15 is 0 Å². The molecule has 0 saturated carbocycles. The molecule has 0 atom stereocenters. The van der Waals surface area contributed by atoms with Crippen molar-refractivity contribution in [2.75, 3.05) is 14.7 Å². The molecule has 8 heteroatoms. The number of hydrogen-bond acceptors (Lipinski definition) is 4. The van der Waals surface area contributed by atoms with Crippen molar-refractivity contribution in [3.8, 4) is 22.9 Å². The Morgan fingerprint density at radius 2 is 0.782 bits per heavy atom. The molecule has 0 aliphatic carbocycles. The van der Waals surface area contributed by atoms with Crippen LogP contribution in [0.4, 0.5) is 51.2 Å². The summed E-state index contributed by atoms with van der Waals surface area (Å²) in [5.74, 6) is 1.77. The van der Waals surface area contributed by atoms with Gasteiger partial charge in [0.15, 0.2) is 0 Å². The predicted molar refractivity (Wildman–Crippen MR) is 327 cm³/mol. The van der Waals surface area contributed by atoms with Gasteiger partial charge < -0.3 is 28.6 Å². The lowest BCUT2D eigenvalue weighted by atomic mass is 9.30. The molecular weight excluding hydrogens is 948 g/mol. The van der Waals surface area contributed by atoms with Crippen molar-refractivity contribution in [2.24, 2.45) is 0 Å². The van der Waals surface area contributed by atoms with E-state index in [-0.39, 0.29) is 18.8 Å². The van der Waals surface area contributed by atoms with Crippen LogP contribution in [0.25, 0.3) is 55.0 Å². The molecule has 6 nitrogen and oxygen atoms in total. The molecule has 13 aromatic rings. The third-order valence-electron chi connectivity index (χ3n) is 17.7. The van der Waals surface area contributed by atoms with Crippen LogP contribution < -0.4 is 52.2 Å². The molecule has 0 unspecified atom stereocenters. The van der Waals surface area contributed by atoms with Gasteiger partial charge in [0.1, 0.15) is 11.5 Å². The number of benzene rings is 11. The van der Waals surface area contributed by atoms with Crippen molar-refractivity contribution in [3.63, 3.8) is 0 Å². The fourth-order valence-corrected chi connectivity index (χ4v) is 14.6. The van der Waals surface area contributed by atoms with Crippen LogP contribution in [0.2, 0.25) is 0 Å². The summed E-state index contributed by atoms with van der Waals surface area (Å²) in [7, 11) is 0. The number of fused-ring (bicyclic) bond motifs is 8. The maximum Gasteiger partial charge on any atom is 0.257 e. The number of nitrogens with zero attached hydrogens (tertiary/aromatic N) is 5. The van der Waals surface area contributed by atoms with Gasteiger partial charge in [-0.2, -0.15) is 0 Å². The summed E-state index contributed by atoms with van der Waals surface area (Å²) in [6.07, 6.45) is 0. The van der Waals surface area contributed by atoms with Crippen LogP contribution >= 0.6 is 0 Å². The van der Waals surface area contributed by atoms with Gasteiger partial charge in [0.2, 0.25) is 0 Å². The Hall–Kier alpha value is -9.65. The van der Waals surface area contributed by atoms with Crippen LogP contribution in [0, 0.1) is 0 Å². The van der Waals surface area contributed by atoms with E-state index in [2.05, 4.69) is 275 Å². The van der Waals surface area contributed by atoms with E-state index in [1.807, 2.05) is 0 Å². The minimum absolute atomic E-state index is 0.150. The largest absolute Gasteiger partial charge is 0.458 e. The van der Waals surface area contributed by atoms with Gasteiger partial charge in [0.25, 0.3) is 13.4 Å². The molecule has 0 amide bonds. The van der Waals surface area contributed by atoms with Crippen LogP contribution in [0.5, 0.6) is 11.5 Å². The second-order valence-corrected chi connectivity index (χ2v) is 22.8. The zero-order valence-electron chi connectivity index (χ0n) is 43.2. The summed E-state index contributed by atoms with van der Waals surface area (Å²) in [6, 6.07) is 86.1. The minimum Gasteiger partial charge on any atom is -0.458 e. The summed E-state index contributed by atoms with van der Waals surface area (Å²) in [5.41, 5.74) is 25.9. The Balaban J connectivity index is 1.05.